The Morgan fingerprint density at radius 3 is 2.74 bits per heavy atom. The van der Waals surface area contributed by atoms with Crippen molar-refractivity contribution in [1.29, 1.82) is 0 Å². The Morgan fingerprint density at radius 1 is 1.37 bits per heavy atom. The SMILES string of the molecule is Cc1ccccc1CNC(=O)Cn1c(C)noc1=O. The summed E-state index contributed by atoms with van der Waals surface area (Å²) in [7, 11) is 0. The molecule has 1 aromatic carbocycles. The fourth-order valence-corrected chi connectivity index (χ4v) is 1.72. The van der Waals surface area contributed by atoms with Crippen LogP contribution in [0.3, 0.4) is 0 Å². The largest absolute Gasteiger partial charge is 0.442 e. The van der Waals surface area contributed by atoms with E-state index < -0.39 is 5.76 Å². The van der Waals surface area contributed by atoms with Gasteiger partial charge in [-0.2, -0.15) is 0 Å². The van der Waals surface area contributed by atoms with E-state index >= 15 is 0 Å². The number of carbonyl (C=O) groups excluding carboxylic acids is 1. The quantitative estimate of drug-likeness (QED) is 0.881. The van der Waals surface area contributed by atoms with Gasteiger partial charge in [0.1, 0.15) is 6.54 Å². The van der Waals surface area contributed by atoms with Crippen LogP contribution in [0.1, 0.15) is 17.0 Å². The van der Waals surface area contributed by atoms with Gasteiger partial charge in [0.15, 0.2) is 5.82 Å². The molecule has 0 radical (unpaired) electrons. The first-order valence-electron chi connectivity index (χ1n) is 5.92. The third-order valence-corrected chi connectivity index (χ3v) is 2.91. The molecule has 6 heteroatoms. The molecule has 2 rings (SSSR count). The predicted octanol–water partition coefficient (Wildman–Crippen LogP) is 0.770. The standard InChI is InChI=1S/C13H15N3O3/c1-9-5-3-4-6-11(9)7-14-12(17)8-16-10(2)15-19-13(16)18/h3-6H,7-8H2,1-2H3,(H,14,17). The molecule has 0 fully saturated rings. The monoisotopic (exact) mass is 261 g/mol. The maximum atomic E-state index is 11.8. The fourth-order valence-electron chi connectivity index (χ4n) is 1.72. The van der Waals surface area contributed by atoms with Crippen molar-refractivity contribution in [3.05, 3.63) is 51.8 Å². The Morgan fingerprint density at radius 2 is 2.11 bits per heavy atom. The number of nitrogens with one attached hydrogen (secondary N) is 1. The van der Waals surface area contributed by atoms with Crippen LogP contribution in [0.15, 0.2) is 33.6 Å². The lowest BCUT2D eigenvalue weighted by Crippen LogP contribution is -2.31. The minimum atomic E-state index is -0.622. The lowest BCUT2D eigenvalue weighted by molar-refractivity contribution is -0.121. The van der Waals surface area contributed by atoms with Crippen LogP contribution < -0.4 is 11.1 Å². The molecule has 2 aromatic rings. The van der Waals surface area contributed by atoms with Crippen molar-refractivity contribution in [3.63, 3.8) is 0 Å². The molecule has 0 aliphatic rings. The number of carbonyl (C=O) groups is 1. The summed E-state index contributed by atoms with van der Waals surface area (Å²) >= 11 is 0. The predicted molar refractivity (Wildman–Crippen MR) is 68.5 cm³/mol. The maximum Gasteiger partial charge on any atom is 0.442 e. The Kier molecular flexibility index (Phi) is 3.79. The summed E-state index contributed by atoms with van der Waals surface area (Å²) in [5.74, 6) is -0.490. The molecule has 6 nitrogen and oxygen atoms in total. The second-order valence-corrected chi connectivity index (χ2v) is 4.29. The number of nitrogens with zero attached hydrogens (tertiary/aromatic N) is 2. The van der Waals surface area contributed by atoms with Gasteiger partial charge in [-0.1, -0.05) is 29.4 Å². The van der Waals surface area contributed by atoms with Crippen LogP contribution in [0.2, 0.25) is 0 Å². The first kappa shape index (κ1) is 13.1. The van der Waals surface area contributed by atoms with Gasteiger partial charge in [0.25, 0.3) is 0 Å². The summed E-state index contributed by atoms with van der Waals surface area (Å²) in [6, 6.07) is 7.80. The summed E-state index contributed by atoms with van der Waals surface area (Å²) < 4.78 is 5.64. The molecule has 0 spiro atoms. The molecule has 0 aliphatic heterocycles. The summed E-state index contributed by atoms with van der Waals surface area (Å²) in [4.78, 5) is 23.0. The van der Waals surface area contributed by atoms with Crippen molar-refractivity contribution in [2.45, 2.75) is 26.9 Å². The molecule has 1 amide bonds. The summed E-state index contributed by atoms with van der Waals surface area (Å²) in [5, 5.41) is 6.26. The first-order valence-corrected chi connectivity index (χ1v) is 5.92. The summed E-state index contributed by atoms with van der Waals surface area (Å²) in [6.45, 7) is 3.94. The summed E-state index contributed by atoms with van der Waals surface area (Å²) in [6.07, 6.45) is 0. The van der Waals surface area contributed by atoms with Gasteiger partial charge < -0.3 is 5.32 Å². The van der Waals surface area contributed by atoms with Gasteiger partial charge in [-0.25, -0.2) is 4.79 Å². The Balaban J connectivity index is 1.96. The van der Waals surface area contributed by atoms with E-state index in [1.807, 2.05) is 31.2 Å². The van der Waals surface area contributed by atoms with E-state index in [1.165, 1.54) is 4.57 Å². The molecular weight excluding hydrogens is 246 g/mol. The van der Waals surface area contributed by atoms with Gasteiger partial charge in [0.05, 0.1) is 0 Å². The van der Waals surface area contributed by atoms with Gasteiger partial charge in [0, 0.05) is 6.54 Å². The lowest BCUT2D eigenvalue weighted by Gasteiger charge is -2.07. The van der Waals surface area contributed by atoms with Crippen LogP contribution in [-0.2, 0) is 17.9 Å². The zero-order valence-electron chi connectivity index (χ0n) is 10.8. The van der Waals surface area contributed by atoms with E-state index in [9.17, 15) is 9.59 Å². The topological polar surface area (TPSA) is 77.1 Å². The van der Waals surface area contributed by atoms with Crippen molar-refractivity contribution < 1.29 is 9.32 Å². The summed E-state index contributed by atoms with van der Waals surface area (Å²) in [5.41, 5.74) is 2.16. The highest BCUT2D eigenvalue weighted by Gasteiger charge is 2.10. The second kappa shape index (κ2) is 5.51. The minimum Gasteiger partial charge on any atom is -0.350 e. The smallest absolute Gasteiger partial charge is 0.350 e. The number of aryl methyl sites for hydroxylation is 2. The average Bonchev–Trinajstić information content (AvgIpc) is 2.70. The molecule has 19 heavy (non-hydrogen) atoms. The van der Waals surface area contributed by atoms with Crippen LogP contribution in [0.25, 0.3) is 0 Å². The van der Waals surface area contributed by atoms with Crippen molar-refractivity contribution in [2.24, 2.45) is 0 Å². The van der Waals surface area contributed by atoms with Crippen LogP contribution >= 0.6 is 0 Å². The highest BCUT2D eigenvalue weighted by molar-refractivity contribution is 5.75. The second-order valence-electron chi connectivity index (χ2n) is 4.29. The highest BCUT2D eigenvalue weighted by Crippen LogP contribution is 2.05. The maximum absolute atomic E-state index is 11.8. The molecule has 100 valence electrons. The number of rotatable bonds is 4. The van der Waals surface area contributed by atoms with Gasteiger partial charge in [-0.15, -0.1) is 0 Å². The highest BCUT2D eigenvalue weighted by atomic mass is 16.5. The van der Waals surface area contributed by atoms with E-state index in [-0.39, 0.29) is 12.5 Å². The molecule has 0 atom stereocenters. The van der Waals surface area contributed by atoms with Crippen molar-refractivity contribution in [2.75, 3.05) is 0 Å². The number of aromatic nitrogens is 2. The zero-order chi connectivity index (χ0) is 13.8. The molecule has 0 aliphatic carbocycles. The molecule has 1 aromatic heterocycles. The van der Waals surface area contributed by atoms with Crippen molar-refractivity contribution >= 4 is 5.91 Å². The van der Waals surface area contributed by atoms with Gasteiger partial charge in [0.2, 0.25) is 5.91 Å². The molecule has 0 unspecified atom stereocenters. The Bertz CT molecular complexity index is 643. The molecule has 1 N–H and O–H groups in total. The Labute approximate surface area is 110 Å². The van der Waals surface area contributed by atoms with E-state index in [1.54, 1.807) is 6.92 Å². The normalized spacial score (nSPS) is 10.4. The number of benzene rings is 1. The van der Waals surface area contributed by atoms with E-state index in [0.717, 1.165) is 11.1 Å². The average molecular weight is 261 g/mol. The number of hydrogen-bond donors (Lipinski definition) is 1. The molecule has 0 saturated heterocycles. The van der Waals surface area contributed by atoms with E-state index in [0.29, 0.717) is 12.4 Å². The minimum absolute atomic E-state index is 0.0833. The van der Waals surface area contributed by atoms with Crippen LogP contribution in [-0.4, -0.2) is 15.6 Å². The number of amides is 1. The third-order valence-electron chi connectivity index (χ3n) is 2.91. The van der Waals surface area contributed by atoms with Gasteiger partial charge in [-0.05, 0) is 25.0 Å². The van der Waals surface area contributed by atoms with Crippen LogP contribution in [0, 0.1) is 13.8 Å². The van der Waals surface area contributed by atoms with E-state index in [4.69, 9.17) is 0 Å². The molecule has 0 bridgehead atoms. The molecule has 0 saturated carbocycles. The lowest BCUT2D eigenvalue weighted by atomic mass is 10.1. The van der Waals surface area contributed by atoms with Crippen LogP contribution in [0.4, 0.5) is 0 Å². The van der Waals surface area contributed by atoms with Crippen LogP contribution in [0.5, 0.6) is 0 Å². The Hall–Kier alpha value is -2.37. The first-order chi connectivity index (χ1) is 9.08. The van der Waals surface area contributed by atoms with Gasteiger partial charge in [-0.3, -0.25) is 13.9 Å². The zero-order valence-corrected chi connectivity index (χ0v) is 10.8. The van der Waals surface area contributed by atoms with E-state index in [2.05, 4.69) is 15.0 Å². The molecular formula is C13H15N3O3. The fraction of sp³-hybridized carbons (Fsp3) is 0.308. The van der Waals surface area contributed by atoms with Crippen molar-refractivity contribution in [1.82, 2.24) is 15.0 Å². The molecule has 1 heterocycles. The third kappa shape index (κ3) is 3.09. The van der Waals surface area contributed by atoms with Crippen molar-refractivity contribution in [3.8, 4) is 0 Å². The number of hydrogen-bond acceptors (Lipinski definition) is 4. The van der Waals surface area contributed by atoms with Gasteiger partial charge >= 0.3 is 5.76 Å².